The van der Waals surface area contributed by atoms with Crippen LogP contribution >= 0.6 is 11.6 Å². The first-order valence-corrected chi connectivity index (χ1v) is 6.20. The first-order valence-electron chi connectivity index (χ1n) is 5.83. The predicted octanol–water partition coefficient (Wildman–Crippen LogP) is 2.58. The van der Waals surface area contributed by atoms with Crippen LogP contribution in [0.3, 0.4) is 0 Å². The standard InChI is InChI=1S/C13H17ClN2O3/c1-8-4-5-10(14)6-11(8)16-13(18)15-7-9(2)12(17)19-3/h4-6,9H,7H2,1-3H3,(H2,15,16,18)/t9-/m1/s1. The summed E-state index contributed by atoms with van der Waals surface area (Å²) in [7, 11) is 1.31. The molecule has 0 fully saturated rings. The van der Waals surface area contributed by atoms with Gasteiger partial charge in [-0.3, -0.25) is 4.79 Å². The van der Waals surface area contributed by atoms with E-state index in [-0.39, 0.29) is 18.5 Å². The third-order valence-corrected chi connectivity index (χ3v) is 2.86. The fraction of sp³-hybridized carbons (Fsp3) is 0.385. The first kappa shape index (κ1) is 15.3. The van der Waals surface area contributed by atoms with Crippen LogP contribution in [0.15, 0.2) is 18.2 Å². The van der Waals surface area contributed by atoms with Crippen molar-refractivity contribution in [3.63, 3.8) is 0 Å². The summed E-state index contributed by atoms with van der Waals surface area (Å²) in [6, 6.07) is 4.84. The summed E-state index contributed by atoms with van der Waals surface area (Å²) in [6.45, 7) is 3.75. The number of amides is 2. The molecule has 0 aliphatic carbocycles. The van der Waals surface area contributed by atoms with Gasteiger partial charge in [-0.25, -0.2) is 4.79 Å². The fourth-order valence-electron chi connectivity index (χ4n) is 1.43. The van der Waals surface area contributed by atoms with Crippen molar-refractivity contribution in [2.75, 3.05) is 19.0 Å². The number of rotatable bonds is 4. The molecule has 19 heavy (non-hydrogen) atoms. The average Bonchev–Trinajstić information content (AvgIpc) is 2.39. The van der Waals surface area contributed by atoms with Crippen molar-refractivity contribution in [1.29, 1.82) is 0 Å². The van der Waals surface area contributed by atoms with Gasteiger partial charge in [-0.1, -0.05) is 24.6 Å². The second-order valence-electron chi connectivity index (χ2n) is 4.22. The molecule has 1 aromatic carbocycles. The molecule has 0 saturated heterocycles. The van der Waals surface area contributed by atoms with Crippen LogP contribution in [0.4, 0.5) is 10.5 Å². The third-order valence-electron chi connectivity index (χ3n) is 2.62. The molecule has 1 atom stereocenters. The molecular formula is C13H17ClN2O3. The van der Waals surface area contributed by atoms with Crippen LogP contribution in [0.25, 0.3) is 0 Å². The Labute approximate surface area is 117 Å². The highest BCUT2D eigenvalue weighted by Gasteiger charge is 2.14. The number of carbonyl (C=O) groups is 2. The van der Waals surface area contributed by atoms with Crippen molar-refractivity contribution < 1.29 is 14.3 Å². The molecule has 5 nitrogen and oxygen atoms in total. The number of aryl methyl sites for hydroxylation is 1. The Morgan fingerprint density at radius 3 is 2.74 bits per heavy atom. The topological polar surface area (TPSA) is 67.4 Å². The zero-order valence-electron chi connectivity index (χ0n) is 11.1. The second kappa shape index (κ2) is 6.99. The van der Waals surface area contributed by atoms with Crippen molar-refractivity contribution in [3.05, 3.63) is 28.8 Å². The first-order chi connectivity index (χ1) is 8.93. The maximum absolute atomic E-state index is 11.7. The summed E-state index contributed by atoms with van der Waals surface area (Å²) in [5.74, 6) is -0.754. The van der Waals surface area contributed by atoms with Crippen molar-refractivity contribution in [2.45, 2.75) is 13.8 Å². The van der Waals surface area contributed by atoms with Gasteiger partial charge < -0.3 is 15.4 Å². The Bertz CT molecular complexity index is 477. The zero-order chi connectivity index (χ0) is 14.4. The zero-order valence-corrected chi connectivity index (χ0v) is 11.9. The number of benzene rings is 1. The molecule has 1 aromatic rings. The van der Waals surface area contributed by atoms with E-state index in [1.165, 1.54) is 7.11 Å². The van der Waals surface area contributed by atoms with Gasteiger partial charge in [0.1, 0.15) is 0 Å². The number of halogens is 1. The number of nitrogens with one attached hydrogen (secondary N) is 2. The fourth-order valence-corrected chi connectivity index (χ4v) is 1.60. The van der Waals surface area contributed by atoms with Crippen LogP contribution in [0.5, 0.6) is 0 Å². The van der Waals surface area contributed by atoms with Gasteiger partial charge in [0.05, 0.1) is 13.0 Å². The van der Waals surface area contributed by atoms with Crippen LogP contribution in [-0.2, 0) is 9.53 Å². The molecule has 104 valence electrons. The minimum absolute atomic E-state index is 0.206. The Morgan fingerprint density at radius 1 is 1.42 bits per heavy atom. The lowest BCUT2D eigenvalue weighted by Crippen LogP contribution is -2.35. The Balaban J connectivity index is 2.52. The van der Waals surface area contributed by atoms with Gasteiger partial charge in [0.25, 0.3) is 0 Å². The number of anilines is 1. The number of hydrogen-bond acceptors (Lipinski definition) is 3. The summed E-state index contributed by atoms with van der Waals surface area (Å²) in [6.07, 6.45) is 0. The predicted molar refractivity (Wildman–Crippen MR) is 74.4 cm³/mol. The normalized spacial score (nSPS) is 11.6. The summed E-state index contributed by atoms with van der Waals surface area (Å²) >= 11 is 5.86. The van der Waals surface area contributed by atoms with E-state index in [2.05, 4.69) is 15.4 Å². The molecule has 1 rings (SSSR count). The van der Waals surface area contributed by atoms with E-state index in [9.17, 15) is 9.59 Å². The number of esters is 1. The lowest BCUT2D eigenvalue weighted by atomic mass is 10.2. The Kier molecular flexibility index (Phi) is 5.63. The largest absolute Gasteiger partial charge is 0.469 e. The van der Waals surface area contributed by atoms with Gasteiger partial charge in [-0.15, -0.1) is 0 Å². The number of ether oxygens (including phenoxy) is 1. The Hall–Kier alpha value is -1.75. The summed E-state index contributed by atoms with van der Waals surface area (Å²) in [4.78, 5) is 22.8. The van der Waals surface area contributed by atoms with E-state index in [0.717, 1.165) is 5.56 Å². The summed E-state index contributed by atoms with van der Waals surface area (Å²) in [5, 5.41) is 5.82. The molecule has 6 heteroatoms. The molecule has 0 aliphatic heterocycles. The Morgan fingerprint density at radius 2 is 2.11 bits per heavy atom. The molecule has 0 heterocycles. The van der Waals surface area contributed by atoms with Gasteiger partial charge in [-0.05, 0) is 24.6 Å². The van der Waals surface area contributed by atoms with Crippen LogP contribution < -0.4 is 10.6 Å². The van der Waals surface area contributed by atoms with E-state index in [1.54, 1.807) is 19.1 Å². The van der Waals surface area contributed by atoms with E-state index >= 15 is 0 Å². The van der Waals surface area contributed by atoms with E-state index in [1.807, 2.05) is 13.0 Å². The monoisotopic (exact) mass is 284 g/mol. The highest BCUT2D eigenvalue weighted by molar-refractivity contribution is 6.31. The van der Waals surface area contributed by atoms with E-state index < -0.39 is 5.92 Å². The molecule has 0 bridgehead atoms. The van der Waals surface area contributed by atoms with Crippen molar-refractivity contribution >= 4 is 29.3 Å². The van der Waals surface area contributed by atoms with Gasteiger partial charge in [0.15, 0.2) is 0 Å². The minimum atomic E-state index is -0.392. The van der Waals surface area contributed by atoms with Crippen LogP contribution in [0.2, 0.25) is 5.02 Å². The molecule has 0 saturated carbocycles. The number of urea groups is 1. The summed E-state index contributed by atoms with van der Waals surface area (Å²) in [5.41, 5.74) is 1.54. The maximum Gasteiger partial charge on any atom is 0.319 e. The molecule has 0 radical (unpaired) electrons. The third kappa shape index (κ3) is 4.79. The maximum atomic E-state index is 11.7. The van der Waals surface area contributed by atoms with E-state index in [0.29, 0.717) is 10.7 Å². The highest BCUT2D eigenvalue weighted by atomic mass is 35.5. The lowest BCUT2D eigenvalue weighted by molar-refractivity contribution is -0.144. The van der Waals surface area contributed by atoms with Gasteiger partial charge in [0.2, 0.25) is 0 Å². The smallest absolute Gasteiger partial charge is 0.319 e. The van der Waals surface area contributed by atoms with E-state index in [4.69, 9.17) is 11.6 Å². The number of carbonyl (C=O) groups excluding carboxylic acids is 2. The summed E-state index contributed by atoms with van der Waals surface area (Å²) < 4.78 is 4.57. The van der Waals surface area contributed by atoms with Crippen LogP contribution in [0.1, 0.15) is 12.5 Å². The van der Waals surface area contributed by atoms with Gasteiger partial charge >= 0.3 is 12.0 Å². The lowest BCUT2D eigenvalue weighted by Gasteiger charge is -2.12. The molecule has 2 amide bonds. The molecule has 2 N–H and O–H groups in total. The second-order valence-corrected chi connectivity index (χ2v) is 4.65. The highest BCUT2D eigenvalue weighted by Crippen LogP contribution is 2.19. The molecule has 0 aromatic heterocycles. The van der Waals surface area contributed by atoms with Crippen molar-refractivity contribution in [2.24, 2.45) is 5.92 Å². The average molecular weight is 285 g/mol. The molecule has 0 unspecified atom stereocenters. The van der Waals surface area contributed by atoms with Crippen molar-refractivity contribution in [3.8, 4) is 0 Å². The number of methoxy groups -OCH3 is 1. The molecule has 0 aliphatic rings. The molecular weight excluding hydrogens is 268 g/mol. The molecule has 0 spiro atoms. The minimum Gasteiger partial charge on any atom is -0.469 e. The van der Waals surface area contributed by atoms with Crippen molar-refractivity contribution in [1.82, 2.24) is 5.32 Å². The van der Waals surface area contributed by atoms with Crippen LogP contribution in [0, 0.1) is 12.8 Å². The van der Waals surface area contributed by atoms with Gasteiger partial charge in [-0.2, -0.15) is 0 Å². The van der Waals surface area contributed by atoms with Gasteiger partial charge in [0, 0.05) is 17.3 Å². The number of hydrogen-bond donors (Lipinski definition) is 2. The van der Waals surface area contributed by atoms with Crippen LogP contribution in [-0.4, -0.2) is 25.7 Å². The SMILES string of the molecule is COC(=O)[C@H](C)CNC(=O)Nc1cc(Cl)ccc1C. The quantitative estimate of drug-likeness (QED) is 0.835.